The van der Waals surface area contributed by atoms with Crippen LogP contribution in [0.2, 0.25) is 10.0 Å². The summed E-state index contributed by atoms with van der Waals surface area (Å²) in [6, 6.07) is 12.1. The van der Waals surface area contributed by atoms with Crippen molar-refractivity contribution in [2.45, 2.75) is 6.54 Å². The fourth-order valence-electron chi connectivity index (χ4n) is 2.13. The van der Waals surface area contributed by atoms with E-state index < -0.39 is 0 Å². The van der Waals surface area contributed by atoms with Crippen LogP contribution >= 0.6 is 23.2 Å². The molecule has 0 saturated heterocycles. The lowest BCUT2D eigenvalue weighted by Gasteiger charge is -2.06. The summed E-state index contributed by atoms with van der Waals surface area (Å²) >= 11 is 12.1. The third-order valence-electron chi connectivity index (χ3n) is 3.05. The SMILES string of the molecule is Fc1cc(Cl)cc(NCc2[nH]c3ccccc3c2Cl)c1. The lowest BCUT2D eigenvalue weighted by Crippen LogP contribution is -2.00. The molecule has 0 fully saturated rings. The number of rotatable bonds is 3. The Bertz CT molecular complexity index is 747. The van der Waals surface area contributed by atoms with Gasteiger partial charge in [-0.3, -0.25) is 0 Å². The third kappa shape index (κ3) is 2.60. The highest BCUT2D eigenvalue weighted by Crippen LogP contribution is 2.28. The smallest absolute Gasteiger partial charge is 0.126 e. The molecule has 0 aliphatic heterocycles. The van der Waals surface area contributed by atoms with Crippen molar-refractivity contribution in [3.63, 3.8) is 0 Å². The molecule has 0 aliphatic carbocycles. The predicted octanol–water partition coefficient (Wildman–Crippen LogP) is 5.23. The lowest BCUT2D eigenvalue weighted by molar-refractivity contribution is 0.628. The second-order valence-corrected chi connectivity index (χ2v) is 5.29. The average Bonchev–Trinajstić information content (AvgIpc) is 2.73. The van der Waals surface area contributed by atoms with Crippen molar-refractivity contribution in [2.24, 2.45) is 0 Å². The summed E-state index contributed by atoms with van der Waals surface area (Å²) in [5.41, 5.74) is 2.45. The van der Waals surface area contributed by atoms with Gasteiger partial charge in [0.2, 0.25) is 0 Å². The van der Waals surface area contributed by atoms with Crippen molar-refractivity contribution in [2.75, 3.05) is 5.32 Å². The van der Waals surface area contributed by atoms with Crippen molar-refractivity contribution >= 4 is 39.8 Å². The quantitative estimate of drug-likeness (QED) is 0.681. The fourth-order valence-corrected chi connectivity index (χ4v) is 2.63. The van der Waals surface area contributed by atoms with Crippen LogP contribution in [0.1, 0.15) is 5.69 Å². The van der Waals surface area contributed by atoms with Gasteiger partial charge >= 0.3 is 0 Å². The zero-order valence-electron chi connectivity index (χ0n) is 10.4. The molecule has 2 N–H and O–H groups in total. The standard InChI is InChI=1S/C15H11Cl2FN2/c16-9-5-10(18)7-11(6-9)19-8-14-15(17)12-3-1-2-4-13(12)20-14/h1-7,19-20H,8H2. The van der Waals surface area contributed by atoms with E-state index in [-0.39, 0.29) is 5.82 Å². The molecule has 0 radical (unpaired) electrons. The molecule has 2 aromatic carbocycles. The number of aromatic amines is 1. The minimum atomic E-state index is -0.372. The maximum Gasteiger partial charge on any atom is 0.126 e. The number of fused-ring (bicyclic) bond motifs is 1. The van der Waals surface area contributed by atoms with Crippen LogP contribution in [0.25, 0.3) is 10.9 Å². The van der Waals surface area contributed by atoms with E-state index >= 15 is 0 Å². The summed E-state index contributed by atoms with van der Waals surface area (Å²) in [4.78, 5) is 3.24. The largest absolute Gasteiger partial charge is 0.379 e. The number of para-hydroxylation sites is 1. The van der Waals surface area contributed by atoms with E-state index in [9.17, 15) is 4.39 Å². The van der Waals surface area contributed by atoms with Crippen LogP contribution in [0.15, 0.2) is 42.5 Å². The number of nitrogens with one attached hydrogen (secondary N) is 2. The van der Waals surface area contributed by atoms with Crippen molar-refractivity contribution in [1.29, 1.82) is 0 Å². The Balaban J connectivity index is 1.84. The Labute approximate surface area is 125 Å². The molecule has 1 aromatic heterocycles. The first-order valence-electron chi connectivity index (χ1n) is 6.08. The normalized spacial score (nSPS) is 10.9. The summed E-state index contributed by atoms with van der Waals surface area (Å²) in [6.07, 6.45) is 0. The van der Waals surface area contributed by atoms with Gasteiger partial charge in [-0.2, -0.15) is 0 Å². The van der Waals surface area contributed by atoms with Gasteiger partial charge in [-0.05, 0) is 24.3 Å². The Morgan fingerprint density at radius 1 is 1.10 bits per heavy atom. The molecule has 0 atom stereocenters. The number of hydrogen-bond acceptors (Lipinski definition) is 1. The number of benzene rings is 2. The number of aromatic nitrogens is 1. The molecule has 3 rings (SSSR count). The molecular weight excluding hydrogens is 298 g/mol. The molecule has 3 aromatic rings. The summed E-state index contributed by atoms with van der Waals surface area (Å²) < 4.78 is 13.2. The summed E-state index contributed by atoms with van der Waals surface area (Å²) in [7, 11) is 0. The molecule has 5 heteroatoms. The second kappa shape index (κ2) is 5.35. The van der Waals surface area contributed by atoms with Gasteiger partial charge in [0.25, 0.3) is 0 Å². The summed E-state index contributed by atoms with van der Waals surface area (Å²) in [5, 5.41) is 5.11. The first kappa shape index (κ1) is 13.3. The van der Waals surface area contributed by atoms with Crippen LogP contribution in [-0.4, -0.2) is 4.98 Å². The number of H-pyrrole nitrogens is 1. The van der Waals surface area contributed by atoms with Crippen molar-refractivity contribution in [1.82, 2.24) is 4.98 Å². The van der Waals surface area contributed by atoms with Crippen molar-refractivity contribution < 1.29 is 4.39 Å². The van der Waals surface area contributed by atoms with Gasteiger partial charge in [0.1, 0.15) is 5.82 Å². The highest BCUT2D eigenvalue weighted by atomic mass is 35.5. The van der Waals surface area contributed by atoms with Crippen LogP contribution in [0.5, 0.6) is 0 Å². The van der Waals surface area contributed by atoms with E-state index in [0.717, 1.165) is 16.6 Å². The van der Waals surface area contributed by atoms with Gasteiger partial charge in [0.05, 0.1) is 17.3 Å². The molecule has 0 saturated carbocycles. The highest BCUT2D eigenvalue weighted by Gasteiger charge is 2.08. The minimum Gasteiger partial charge on any atom is -0.379 e. The van der Waals surface area contributed by atoms with E-state index in [1.807, 2.05) is 24.3 Å². The first-order chi connectivity index (χ1) is 9.63. The lowest BCUT2D eigenvalue weighted by atomic mass is 10.2. The van der Waals surface area contributed by atoms with Gasteiger partial charge in [-0.15, -0.1) is 0 Å². The summed E-state index contributed by atoms with van der Waals surface area (Å²) in [5.74, 6) is -0.372. The van der Waals surface area contributed by atoms with Gasteiger partial charge in [0, 0.05) is 21.6 Å². The van der Waals surface area contributed by atoms with E-state index in [2.05, 4.69) is 10.3 Å². The zero-order valence-corrected chi connectivity index (χ0v) is 11.9. The van der Waals surface area contributed by atoms with Gasteiger partial charge in [0.15, 0.2) is 0 Å². The summed E-state index contributed by atoms with van der Waals surface area (Å²) in [6.45, 7) is 0.466. The van der Waals surface area contributed by atoms with Crippen molar-refractivity contribution in [3.05, 3.63) is 64.0 Å². The number of anilines is 1. The Morgan fingerprint density at radius 3 is 2.65 bits per heavy atom. The Hall–Kier alpha value is -1.71. The molecule has 20 heavy (non-hydrogen) atoms. The molecule has 0 aliphatic rings. The molecular formula is C15H11Cl2FN2. The van der Waals surface area contributed by atoms with Crippen LogP contribution < -0.4 is 5.32 Å². The van der Waals surface area contributed by atoms with E-state index in [1.165, 1.54) is 12.1 Å². The van der Waals surface area contributed by atoms with Gasteiger partial charge < -0.3 is 10.3 Å². The predicted molar refractivity (Wildman–Crippen MR) is 82.0 cm³/mol. The maximum atomic E-state index is 13.2. The second-order valence-electron chi connectivity index (χ2n) is 4.47. The van der Waals surface area contributed by atoms with E-state index in [4.69, 9.17) is 23.2 Å². The van der Waals surface area contributed by atoms with Crippen LogP contribution in [0.4, 0.5) is 10.1 Å². The molecule has 0 unspecified atom stereocenters. The maximum absolute atomic E-state index is 13.2. The average molecular weight is 309 g/mol. The van der Waals surface area contributed by atoms with Crippen LogP contribution in [0.3, 0.4) is 0 Å². The van der Waals surface area contributed by atoms with Crippen LogP contribution in [0, 0.1) is 5.82 Å². The molecule has 2 nitrogen and oxygen atoms in total. The topological polar surface area (TPSA) is 27.8 Å². The molecule has 0 amide bonds. The minimum absolute atomic E-state index is 0.357. The van der Waals surface area contributed by atoms with Crippen molar-refractivity contribution in [3.8, 4) is 0 Å². The van der Waals surface area contributed by atoms with E-state index in [0.29, 0.717) is 22.3 Å². The third-order valence-corrected chi connectivity index (χ3v) is 3.70. The molecule has 0 spiro atoms. The number of hydrogen-bond donors (Lipinski definition) is 2. The highest BCUT2D eigenvalue weighted by molar-refractivity contribution is 6.36. The molecule has 102 valence electrons. The van der Waals surface area contributed by atoms with Crippen LogP contribution in [-0.2, 0) is 6.54 Å². The monoisotopic (exact) mass is 308 g/mol. The first-order valence-corrected chi connectivity index (χ1v) is 6.84. The Morgan fingerprint density at radius 2 is 1.90 bits per heavy atom. The molecule has 1 heterocycles. The van der Waals surface area contributed by atoms with Gasteiger partial charge in [-0.25, -0.2) is 4.39 Å². The zero-order chi connectivity index (χ0) is 14.1. The molecule has 0 bridgehead atoms. The fraction of sp³-hybridized carbons (Fsp3) is 0.0667. The van der Waals surface area contributed by atoms with Gasteiger partial charge in [-0.1, -0.05) is 41.4 Å². The van der Waals surface area contributed by atoms with E-state index in [1.54, 1.807) is 6.07 Å². The number of halogens is 3. The Kier molecular flexibility index (Phi) is 3.55.